The SMILES string of the molecule is CNC1CCCCC1c1ccccc1OC(C)C. The number of ether oxygens (including phenoxy) is 1. The fourth-order valence-electron chi connectivity index (χ4n) is 3.00. The van der Waals surface area contributed by atoms with Crippen LogP contribution in [0.5, 0.6) is 5.75 Å². The van der Waals surface area contributed by atoms with E-state index >= 15 is 0 Å². The van der Waals surface area contributed by atoms with Crippen LogP contribution in [0, 0.1) is 0 Å². The molecule has 1 aromatic rings. The van der Waals surface area contributed by atoms with Crippen LogP contribution in [-0.4, -0.2) is 19.2 Å². The van der Waals surface area contributed by atoms with Crippen molar-refractivity contribution in [3.05, 3.63) is 29.8 Å². The van der Waals surface area contributed by atoms with Crippen molar-refractivity contribution < 1.29 is 4.74 Å². The minimum absolute atomic E-state index is 0.239. The van der Waals surface area contributed by atoms with Crippen LogP contribution in [0.4, 0.5) is 0 Å². The van der Waals surface area contributed by atoms with Crippen LogP contribution < -0.4 is 10.1 Å². The normalized spacial score (nSPS) is 24.2. The largest absolute Gasteiger partial charge is 0.491 e. The summed E-state index contributed by atoms with van der Waals surface area (Å²) in [5.74, 6) is 1.67. The molecule has 2 atom stereocenters. The van der Waals surface area contributed by atoms with E-state index in [9.17, 15) is 0 Å². The molecular formula is C16H25NO. The van der Waals surface area contributed by atoms with E-state index in [-0.39, 0.29) is 6.10 Å². The molecule has 2 unspecified atom stereocenters. The molecule has 1 N–H and O–H groups in total. The van der Waals surface area contributed by atoms with Gasteiger partial charge in [-0.15, -0.1) is 0 Å². The lowest BCUT2D eigenvalue weighted by Crippen LogP contribution is -2.34. The maximum Gasteiger partial charge on any atom is 0.123 e. The predicted octanol–water partition coefficient (Wildman–Crippen LogP) is 3.72. The van der Waals surface area contributed by atoms with Gasteiger partial charge in [-0.05, 0) is 45.4 Å². The van der Waals surface area contributed by atoms with Crippen molar-refractivity contribution in [2.75, 3.05) is 7.05 Å². The number of likely N-dealkylation sites (N-methyl/N-ethyl adjacent to an activating group) is 1. The van der Waals surface area contributed by atoms with E-state index < -0.39 is 0 Å². The highest BCUT2D eigenvalue weighted by Crippen LogP contribution is 2.37. The third-order valence-corrected chi connectivity index (χ3v) is 3.82. The van der Waals surface area contributed by atoms with E-state index in [4.69, 9.17) is 4.74 Å². The number of nitrogens with one attached hydrogen (secondary N) is 1. The smallest absolute Gasteiger partial charge is 0.123 e. The Labute approximate surface area is 111 Å². The molecule has 0 saturated heterocycles. The summed E-state index contributed by atoms with van der Waals surface area (Å²) < 4.78 is 5.96. The van der Waals surface area contributed by atoms with E-state index in [1.165, 1.54) is 31.2 Å². The van der Waals surface area contributed by atoms with Crippen LogP contribution in [0.25, 0.3) is 0 Å². The predicted molar refractivity (Wildman–Crippen MR) is 76.3 cm³/mol. The van der Waals surface area contributed by atoms with Crippen molar-refractivity contribution in [1.82, 2.24) is 5.32 Å². The van der Waals surface area contributed by atoms with E-state index in [0.29, 0.717) is 12.0 Å². The zero-order valence-electron chi connectivity index (χ0n) is 11.8. The molecule has 0 heterocycles. The Kier molecular flexibility index (Phi) is 4.65. The first kappa shape index (κ1) is 13.4. The minimum Gasteiger partial charge on any atom is -0.491 e. The lowest BCUT2D eigenvalue weighted by atomic mass is 9.79. The molecule has 1 fully saturated rings. The van der Waals surface area contributed by atoms with Gasteiger partial charge in [-0.3, -0.25) is 0 Å². The van der Waals surface area contributed by atoms with Crippen LogP contribution in [0.3, 0.4) is 0 Å². The van der Waals surface area contributed by atoms with Crippen molar-refractivity contribution in [2.24, 2.45) is 0 Å². The first-order chi connectivity index (χ1) is 8.72. The summed E-state index contributed by atoms with van der Waals surface area (Å²) in [7, 11) is 2.08. The minimum atomic E-state index is 0.239. The van der Waals surface area contributed by atoms with E-state index in [1.807, 2.05) is 0 Å². The summed E-state index contributed by atoms with van der Waals surface area (Å²) in [5, 5.41) is 3.48. The monoisotopic (exact) mass is 247 g/mol. The van der Waals surface area contributed by atoms with Gasteiger partial charge in [0, 0.05) is 12.0 Å². The molecule has 1 aliphatic carbocycles. The molecule has 0 radical (unpaired) electrons. The highest BCUT2D eigenvalue weighted by Gasteiger charge is 2.27. The van der Waals surface area contributed by atoms with Gasteiger partial charge in [-0.1, -0.05) is 31.0 Å². The molecule has 18 heavy (non-hydrogen) atoms. The summed E-state index contributed by atoms with van der Waals surface area (Å²) in [5.41, 5.74) is 1.38. The van der Waals surface area contributed by atoms with E-state index in [1.54, 1.807) is 0 Å². The molecule has 1 aromatic carbocycles. The highest BCUT2D eigenvalue weighted by atomic mass is 16.5. The van der Waals surface area contributed by atoms with E-state index in [2.05, 4.69) is 50.5 Å². The fraction of sp³-hybridized carbons (Fsp3) is 0.625. The molecule has 0 spiro atoms. The molecule has 100 valence electrons. The molecule has 1 saturated carbocycles. The van der Waals surface area contributed by atoms with Gasteiger partial charge in [0.2, 0.25) is 0 Å². The van der Waals surface area contributed by atoms with Crippen molar-refractivity contribution in [3.63, 3.8) is 0 Å². The third-order valence-electron chi connectivity index (χ3n) is 3.82. The second kappa shape index (κ2) is 6.24. The Morgan fingerprint density at radius 3 is 2.61 bits per heavy atom. The zero-order chi connectivity index (χ0) is 13.0. The van der Waals surface area contributed by atoms with Crippen LogP contribution in [-0.2, 0) is 0 Å². The maximum atomic E-state index is 5.96. The molecule has 0 aromatic heterocycles. The molecule has 1 aliphatic rings. The number of para-hydroxylation sites is 1. The molecule has 2 nitrogen and oxygen atoms in total. The number of rotatable bonds is 4. The Balaban J connectivity index is 2.24. The van der Waals surface area contributed by atoms with Crippen LogP contribution >= 0.6 is 0 Å². The zero-order valence-corrected chi connectivity index (χ0v) is 11.8. The Morgan fingerprint density at radius 2 is 1.89 bits per heavy atom. The number of hydrogen-bond donors (Lipinski definition) is 1. The molecule has 2 rings (SSSR count). The Hall–Kier alpha value is -1.02. The van der Waals surface area contributed by atoms with Crippen molar-refractivity contribution in [1.29, 1.82) is 0 Å². The first-order valence-electron chi connectivity index (χ1n) is 7.15. The summed E-state index contributed by atoms with van der Waals surface area (Å²) in [6, 6.07) is 9.13. The molecule has 0 aliphatic heterocycles. The van der Waals surface area contributed by atoms with Gasteiger partial charge in [-0.2, -0.15) is 0 Å². The quantitative estimate of drug-likeness (QED) is 0.875. The van der Waals surface area contributed by atoms with Crippen molar-refractivity contribution >= 4 is 0 Å². The lowest BCUT2D eigenvalue weighted by molar-refractivity contribution is 0.234. The lowest BCUT2D eigenvalue weighted by Gasteiger charge is -2.33. The topological polar surface area (TPSA) is 21.3 Å². The van der Waals surface area contributed by atoms with E-state index in [0.717, 1.165) is 5.75 Å². The van der Waals surface area contributed by atoms with Crippen molar-refractivity contribution in [3.8, 4) is 5.75 Å². The van der Waals surface area contributed by atoms with Gasteiger partial charge >= 0.3 is 0 Å². The molecule has 2 heteroatoms. The highest BCUT2D eigenvalue weighted by molar-refractivity contribution is 5.37. The van der Waals surface area contributed by atoms with Gasteiger partial charge in [0.1, 0.15) is 5.75 Å². The number of benzene rings is 1. The van der Waals surface area contributed by atoms with Crippen LogP contribution in [0.1, 0.15) is 51.0 Å². The van der Waals surface area contributed by atoms with Crippen molar-refractivity contribution in [2.45, 2.75) is 57.6 Å². The second-order valence-electron chi connectivity index (χ2n) is 5.49. The van der Waals surface area contributed by atoms with Gasteiger partial charge in [0.05, 0.1) is 6.10 Å². The summed E-state index contributed by atoms with van der Waals surface area (Å²) >= 11 is 0. The second-order valence-corrected chi connectivity index (χ2v) is 5.49. The number of hydrogen-bond acceptors (Lipinski definition) is 2. The Bertz CT molecular complexity index is 375. The average Bonchev–Trinajstić information content (AvgIpc) is 2.39. The van der Waals surface area contributed by atoms with Crippen LogP contribution in [0.15, 0.2) is 24.3 Å². The first-order valence-corrected chi connectivity index (χ1v) is 7.15. The summed E-state index contributed by atoms with van der Waals surface area (Å²) in [6.45, 7) is 4.18. The molecule has 0 amide bonds. The summed E-state index contributed by atoms with van der Waals surface area (Å²) in [4.78, 5) is 0. The van der Waals surface area contributed by atoms with Crippen LogP contribution in [0.2, 0.25) is 0 Å². The maximum absolute atomic E-state index is 5.96. The van der Waals surface area contributed by atoms with Gasteiger partial charge in [0.15, 0.2) is 0 Å². The third kappa shape index (κ3) is 3.05. The summed E-state index contributed by atoms with van der Waals surface area (Å²) in [6.07, 6.45) is 5.46. The van der Waals surface area contributed by atoms with Gasteiger partial charge in [-0.25, -0.2) is 0 Å². The standard InChI is InChI=1S/C16H25NO/c1-12(2)18-16-11-7-5-9-14(16)13-8-4-6-10-15(13)17-3/h5,7,9,11-13,15,17H,4,6,8,10H2,1-3H3. The molecular weight excluding hydrogens is 222 g/mol. The van der Waals surface area contributed by atoms with Gasteiger partial charge < -0.3 is 10.1 Å². The Morgan fingerprint density at radius 1 is 1.17 bits per heavy atom. The van der Waals surface area contributed by atoms with Gasteiger partial charge in [0.25, 0.3) is 0 Å². The molecule has 0 bridgehead atoms. The fourth-order valence-corrected chi connectivity index (χ4v) is 3.00. The average molecular weight is 247 g/mol.